The van der Waals surface area contributed by atoms with Crippen LogP contribution in [0.3, 0.4) is 0 Å². The number of nitrogens with one attached hydrogen (secondary N) is 1. The number of halogens is 1. The second kappa shape index (κ2) is 7.94. The maximum atomic E-state index is 14.2. The van der Waals surface area contributed by atoms with Crippen LogP contribution in [-0.4, -0.2) is 33.4 Å². The fourth-order valence-electron chi connectivity index (χ4n) is 2.97. The van der Waals surface area contributed by atoms with Gasteiger partial charge in [-0.05, 0) is 43.2 Å². The van der Waals surface area contributed by atoms with Gasteiger partial charge in [0.05, 0.1) is 19.3 Å². The molecule has 0 saturated heterocycles. The first kappa shape index (κ1) is 19.6. The summed E-state index contributed by atoms with van der Waals surface area (Å²) in [6.07, 6.45) is 1.65. The smallest absolute Gasteiger partial charge is 0.352 e. The van der Waals surface area contributed by atoms with Crippen LogP contribution >= 0.6 is 0 Å². The van der Waals surface area contributed by atoms with Crippen molar-refractivity contribution in [2.24, 2.45) is 0 Å². The molecule has 1 aliphatic carbocycles. The van der Waals surface area contributed by atoms with Gasteiger partial charge in [-0.25, -0.2) is 9.18 Å². The van der Waals surface area contributed by atoms with E-state index >= 15 is 0 Å². The lowest BCUT2D eigenvalue weighted by Crippen LogP contribution is -2.46. The van der Waals surface area contributed by atoms with E-state index in [1.165, 1.54) is 25.3 Å². The van der Waals surface area contributed by atoms with Gasteiger partial charge in [-0.1, -0.05) is 18.2 Å². The van der Waals surface area contributed by atoms with Crippen molar-refractivity contribution in [2.75, 3.05) is 7.11 Å². The topological polar surface area (TPSA) is 95.2 Å². The molecule has 0 radical (unpaired) electrons. The Hall–Kier alpha value is -3.75. The number of hydrogen-bond acceptors (Lipinski definition) is 5. The molecule has 1 saturated carbocycles. The van der Waals surface area contributed by atoms with Gasteiger partial charge in [-0.15, -0.1) is 0 Å². The van der Waals surface area contributed by atoms with E-state index in [0.29, 0.717) is 11.4 Å². The van der Waals surface area contributed by atoms with Gasteiger partial charge in [-0.3, -0.25) is 14.2 Å². The minimum atomic E-state index is -0.869. The van der Waals surface area contributed by atoms with Crippen LogP contribution in [0.4, 0.5) is 4.39 Å². The molecule has 0 aliphatic heterocycles. The highest BCUT2D eigenvalue weighted by Crippen LogP contribution is 2.19. The SMILES string of the molecule is COc1ccc(-n2nc(C(=O)NC3CC3)c(=O)n(Cc3ccccc3F)c2=O)cc1. The van der Waals surface area contributed by atoms with E-state index in [4.69, 9.17) is 4.74 Å². The van der Waals surface area contributed by atoms with E-state index in [-0.39, 0.29) is 18.2 Å². The molecule has 1 aliphatic rings. The Labute approximate surface area is 170 Å². The van der Waals surface area contributed by atoms with Crippen LogP contribution in [0.1, 0.15) is 28.9 Å². The molecule has 0 unspecified atom stereocenters. The Bertz CT molecular complexity index is 1210. The number of rotatable bonds is 6. The summed E-state index contributed by atoms with van der Waals surface area (Å²) in [6, 6.07) is 12.2. The van der Waals surface area contributed by atoms with E-state index in [2.05, 4.69) is 10.4 Å². The number of ether oxygens (including phenoxy) is 1. The van der Waals surface area contributed by atoms with E-state index in [9.17, 15) is 18.8 Å². The molecule has 0 bridgehead atoms. The third kappa shape index (κ3) is 3.86. The van der Waals surface area contributed by atoms with Gasteiger partial charge in [0.25, 0.3) is 11.5 Å². The quantitative estimate of drug-likeness (QED) is 0.664. The first-order valence-electron chi connectivity index (χ1n) is 9.41. The molecule has 0 spiro atoms. The van der Waals surface area contributed by atoms with Crippen molar-refractivity contribution < 1.29 is 13.9 Å². The number of hydrogen-bond donors (Lipinski definition) is 1. The van der Waals surface area contributed by atoms with Gasteiger partial charge in [0.2, 0.25) is 5.69 Å². The van der Waals surface area contributed by atoms with Gasteiger partial charge in [0, 0.05) is 11.6 Å². The van der Waals surface area contributed by atoms with Gasteiger partial charge in [-0.2, -0.15) is 9.78 Å². The lowest BCUT2D eigenvalue weighted by Gasteiger charge is -2.13. The van der Waals surface area contributed by atoms with E-state index in [1.807, 2.05) is 0 Å². The summed E-state index contributed by atoms with van der Waals surface area (Å²) in [5.41, 5.74) is -1.59. The Morgan fingerprint density at radius 3 is 2.50 bits per heavy atom. The van der Waals surface area contributed by atoms with E-state index in [1.54, 1.807) is 30.3 Å². The molecule has 154 valence electrons. The Morgan fingerprint density at radius 1 is 1.17 bits per heavy atom. The summed E-state index contributed by atoms with van der Waals surface area (Å²) in [5.74, 6) is -0.647. The number of carbonyl (C=O) groups is 1. The van der Waals surface area contributed by atoms with Gasteiger partial charge in [0.1, 0.15) is 11.6 Å². The molecular weight excluding hydrogens is 391 g/mol. The van der Waals surface area contributed by atoms with Crippen molar-refractivity contribution in [3.8, 4) is 11.4 Å². The van der Waals surface area contributed by atoms with Crippen molar-refractivity contribution in [3.05, 3.63) is 86.4 Å². The zero-order chi connectivity index (χ0) is 21.3. The van der Waals surface area contributed by atoms with Gasteiger partial charge < -0.3 is 10.1 Å². The molecule has 9 heteroatoms. The summed E-state index contributed by atoms with van der Waals surface area (Å²) in [4.78, 5) is 38.6. The Kier molecular flexibility index (Phi) is 5.18. The Morgan fingerprint density at radius 2 is 1.87 bits per heavy atom. The number of amides is 1. The molecule has 30 heavy (non-hydrogen) atoms. The average Bonchev–Trinajstić information content (AvgIpc) is 3.56. The minimum absolute atomic E-state index is 0.0000762. The predicted octanol–water partition coefficient (Wildman–Crippen LogP) is 1.48. The number of nitrogens with zero attached hydrogens (tertiary/aromatic N) is 3. The van der Waals surface area contributed by atoms with E-state index in [0.717, 1.165) is 22.1 Å². The maximum absolute atomic E-state index is 14.2. The molecule has 3 aromatic rings. The molecule has 1 fully saturated rings. The van der Waals surface area contributed by atoms with Crippen molar-refractivity contribution in [3.63, 3.8) is 0 Å². The van der Waals surface area contributed by atoms with Gasteiger partial charge in [0.15, 0.2) is 0 Å². The number of carbonyl (C=O) groups excluding carboxylic acids is 1. The van der Waals surface area contributed by atoms with Crippen LogP contribution in [-0.2, 0) is 6.54 Å². The largest absolute Gasteiger partial charge is 0.497 e. The molecule has 2 aromatic carbocycles. The van der Waals surface area contributed by atoms with Crippen LogP contribution in [0.5, 0.6) is 5.75 Å². The van der Waals surface area contributed by atoms with E-state index < -0.39 is 28.7 Å². The van der Waals surface area contributed by atoms with Crippen molar-refractivity contribution in [2.45, 2.75) is 25.4 Å². The molecule has 1 N–H and O–H groups in total. The zero-order valence-corrected chi connectivity index (χ0v) is 16.2. The normalized spacial score (nSPS) is 13.1. The van der Waals surface area contributed by atoms with Crippen LogP contribution < -0.4 is 21.3 Å². The standard InChI is InChI=1S/C21H19FN4O4/c1-30-16-10-8-15(9-11-16)26-21(29)25(12-13-4-2-3-5-17(13)22)20(28)18(24-26)19(27)23-14-6-7-14/h2-5,8-11,14H,6-7,12H2,1H3,(H,23,27). The van der Waals surface area contributed by atoms with Crippen LogP contribution in [0.15, 0.2) is 58.1 Å². The number of benzene rings is 2. The number of aromatic nitrogens is 3. The molecule has 1 heterocycles. The fourth-order valence-corrected chi connectivity index (χ4v) is 2.97. The third-order valence-electron chi connectivity index (χ3n) is 4.79. The highest BCUT2D eigenvalue weighted by molar-refractivity contribution is 5.92. The highest BCUT2D eigenvalue weighted by atomic mass is 19.1. The first-order valence-corrected chi connectivity index (χ1v) is 9.41. The average molecular weight is 410 g/mol. The summed E-state index contributed by atoms with van der Waals surface area (Å²) in [6.45, 7) is -0.327. The first-order chi connectivity index (χ1) is 14.5. The summed E-state index contributed by atoms with van der Waals surface area (Å²) >= 11 is 0. The summed E-state index contributed by atoms with van der Waals surface area (Å²) in [7, 11) is 1.51. The Balaban J connectivity index is 1.86. The molecule has 1 amide bonds. The second-order valence-electron chi connectivity index (χ2n) is 6.97. The van der Waals surface area contributed by atoms with Gasteiger partial charge >= 0.3 is 5.69 Å². The molecular formula is C21H19FN4O4. The summed E-state index contributed by atoms with van der Waals surface area (Å²) in [5, 5.41) is 6.73. The minimum Gasteiger partial charge on any atom is -0.497 e. The second-order valence-corrected chi connectivity index (χ2v) is 6.97. The van der Waals surface area contributed by atoms with Crippen molar-refractivity contribution in [1.82, 2.24) is 19.7 Å². The molecule has 4 rings (SSSR count). The fraction of sp³-hybridized carbons (Fsp3) is 0.238. The predicted molar refractivity (Wildman–Crippen MR) is 107 cm³/mol. The van der Waals surface area contributed by atoms with Crippen molar-refractivity contribution in [1.29, 1.82) is 0 Å². The van der Waals surface area contributed by atoms with Crippen molar-refractivity contribution >= 4 is 5.91 Å². The van der Waals surface area contributed by atoms with Crippen LogP contribution in [0, 0.1) is 5.82 Å². The number of methoxy groups -OCH3 is 1. The highest BCUT2D eigenvalue weighted by Gasteiger charge is 2.27. The molecule has 0 atom stereocenters. The third-order valence-corrected chi connectivity index (χ3v) is 4.79. The molecule has 8 nitrogen and oxygen atoms in total. The monoisotopic (exact) mass is 410 g/mol. The zero-order valence-electron chi connectivity index (χ0n) is 16.2. The molecule has 1 aromatic heterocycles. The lowest BCUT2D eigenvalue weighted by atomic mass is 10.2. The lowest BCUT2D eigenvalue weighted by molar-refractivity contribution is 0.0941. The summed E-state index contributed by atoms with van der Waals surface area (Å²) < 4.78 is 21.0. The van der Waals surface area contributed by atoms with Crippen LogP contribution in [0.25, 0.3) is 5.69 Å². The maximum Gasteiger partial charge on any atom is 0.352 e. The van der Waals surface area contributed by atoms with Crippen LogP contribution in [0.2, 0.25) is 0 Å².